The summed E-state index contributed by atoms with van der Waals surface area (Å²) in [5, 5.41) is 4.47. The lowest BCUT2D eigenvalue weighted by atomic mass is 9.84. The van der Waals surface area contributed by atoms with Crippen LogP contribution in [0.5, 0.6) is 0 Å². The van der Waals surface area contributed by atoms with Crippen molar-refractivity contribution in [3.8, 4) is 0 Å². The third-order valence-corrected chi connectivity index (χ3v) is 6.24. The molecule has 1 aliphatic heterocycles. The van der Waals surface area contributed by atoms with Crippen molar-refractivity contribution in [2.75, 3.05) is 13.1 Å². The molecule has 1 unspecified atom stereocenters. The Morgan fingerprint density at radius 3 is 2.63 bits per heavy atom. The zero-order valence-electron chi connectivity index (χ0n) is 16.8. The van der Waals surface area contributed by atoms with Crippen molar-refractivity contribution in [1.82, 2.24) is 24.2 Å². The maximum atomic E-state index is 12.8. The third kappa shape index (κ3) is 3.66. The van der Waals surface area contributed by atoms with E-state index in [2.05, 4.69) is 27.6 Å². The number of hydrogen-bond donors (Lipinski definition) is 0. The van der Waals surface area contributed by atoms with Gasteiger partial charge < -0.3 is 9.47 Å². The van der Waals surface area contributed by atoms with E-state index in [-0.39, 0.29) is 5.91 Å². The van der Waals surface area contributed by atoms with Crippen molar-refractivity contribution in [3.05, 3.63) is 35.2 Å². The Morgan fingerprint density at radius 2 is 1.96 bits per heavy atom. The van der Waals surface area contributed by atoms with E-state index in [9.17, 15) is 4.79 Å². The topological polar surface area (TPSA) is 56.0 Å². The number of piperidine rings is 1. The minimum atomic E-state index is 0.246. The van der Waals surface area contributed by atoms with Crippen molar-refractivity contribution in [2.24, 2.45) is 0 Å². The van der Waals surface area contributed by atoms with Gasteiger partial charge in [0.15, 0.2) is 0 Å². The van der Waals surface area contributed by atoms with Crippen LogP contribution in [0.25, 0.3) is 0 Å². The molecule has 0 spiro atoms. The second kappa shape index (κ2) is 7.49. The number of aryl methyl sites for hydroxylation is 4. The Hall–Kier alpha value is -2.11. The van der Waals surface area contributed by atoms with Crippen molar-refractivity contribution < 1.29 is 4.79 Å². The van der Waals surface area contributed by atoms with Crippen LogP contribution in [-0.2, 0) is 11.3 Å². The fraction of sp³-hybridized carbons (Fsp3) is 0.667. The summed E-state index contributed by atoms with van der Waals surface area (Å²) >= 11 is 0. The third-order valence-electron chi connectivity index (χ3n) is 6.24. The molecule has 2 aromatic heterocycles. The number of rotatable bonds is 5. The molecular formula is C21H31N5O. The largest absolute Gasteiger partial charge is 0.341 e. The molecule has 2 aromatic rings. The van der Waals surface area contributed by atoms with E-state index < -0.39 is 0 Å². The molecule has 1 amide bonds. The summed E-state index contributed by atoms with van der Waals surface area (Å²) < 4.78 is 4.38. The predicted octanol–water partition coefficient (Wildman–Crippen LogP) is 3.53. The van der Waals surface area contributed by atoms with E-state index in [0.29, 0.717) is 24.9 Å². The number of amides is 1. The first-order valence-electron chi connectivity index (χ1n) is 10.4. The first-order chi connectivity index (χ1) is 13.0. The lowest BCUT2D eigenvalue weighted by Gasteiger charge is -2.36. The Kier molecular flexibility index (Phi) is 5.06. The van der Waals surface area contributed by atoms with Crippen molar-refractivity contribution >= 4 is 5.91 Å². The Morgan fingerprint density at radius 1 is 1.15 bits per heavy atom. The zero-order valence-corrected chi connectivity index (χ0v) is 16.8. The fourth-order valence-electron chi connectivity index (χ4n) is 4.56. The molecule has 2 fully saturated rings. The van der Waals surface area contributed by atoms with E-state index in [1.807, 2.05) is 24.7 Å². The van der Waals surface area contributed by atoms with E-state index in [0.717, 1.165) is 37.3 Å². The van der Waals surface area contributed by atoms with Gasteiger partial charge in [0.05, 0.1) is 11.7 Å². The molecule has 1 atom stereocenters. The highest BCUT2D eigenvalue weighted by atomic mass is 16.2. The Bertz CT molecular complexity index is 817. The zero-order chi connectivity index (χ0) is 19.0. The number of likely N-dealkylation sites (tertiary alicyclic amines) is 1. The van der Waals surface area contributed by atoms with Crippen molar-refractivity contribution in [3.63, 3.8) is 0 Å². The molecule has 1 aliphatic carbocycles. The average Bonchev–Trinajstić information content (AvgIpc) is 3.13. The molecule has 4 rings (SSSR count). The minimum Gasteiger partial charge on any atom is -0.341 e. The molecule has 3 heterocycles. The predicted molar refractivity (Wildman–Crippen MR) is 105 cm³/mol. The van der Waals surface area contributed by atoms with Gasteiger partial charge in [0.25, 0.3) is 0 Å². The summed E-state index contributed by atoms with van der Waals surface area (Å²) in [6.07, 6.45) is 8.57. The van der Waals surface area contributed by atoms with Crippen LogP contribution in [-0.4, -0.2) is 43.2 Å². The van der Waals surface area contributed by atoms with Crippen LogP contribution in [0.3, 0.4) is 0 Å². The SMILES string of the molecule is Cc1cc(C)n(CCC(=O)N2CCCC(n3c(C)cnc3C3CCC3)C2)n1. The van der Waals surface area contributed by atoms with Crippen LogP contribution in [0.1, 0.15) is 73.4 Å². The summed E-state index contributed by atoms with van der Waals surface area (Å²) in [6.45, 7) is 8.54. The van der Waals surface area contributed by atoms with Gasteiger partial charge in [-0.1, -0.05) is 6.42 Å². The fourth-order valence-corrected chi connectivity index (χ4v) is 4.56. The molecule has 1 saturated carbocycles. The van der Waals surface area contributed by atoms with Gasteiger partial charge in [-0.05, 0) is 52.5 Å². The molecule has 6 nitrogen and oxygen atoms in total. The van der Waals surface area contributed by atoms with Gasteiger partial charge in [0, 0.05) is 49.6 Å². The highest BCUT2D eigenvalue weighted by Crippen LogP contribution is 2.38. The first-order valence-corrected chi connectivity index (χ1v) is 10.4. The lowest BCUT2D eigenvalue weighted by Crippen LogP contribution is -2.41. The highest BCUT2D eigenvalue weighted by Gasteiger charge is 2.31. The van der Waals surface area contributed by atoms with Gasteiger partial charge in [-0.2, -0.15) is 5.10 Å². The number of nitrogens with zero attached hydrogens (tertiary/aromatic N) is 5. The van der Waals surface area contributed by atoms with Crippen molar-refractivity contribution in [2.45, 2.75) is 77.8 Å². The Labute approximate surface area is 161 Å². The smallest absolute Gasteiger partial charge is 0.224 e. The number of carbonyl (C=O) groups is 1. The number of imidazole rings is 1. The van der Waals surface area contributed by atoms with Gasteiger partial charge in [-0.15, -0.1) is 0 Å². The molecule has 0 bridgehead atoms. The highest BCUT2D eigenvalue weighted by molar-refractivity contribution is 5.76. The molecule has 0 aromatic carbocycles. The average molecular weight is 370 g/mol. The van der Waals surface area contributed by atoms with Gasteiger partial charge >= 0.3 is 0 Å². The summed E-state index contributed by atoms with van der Waals surface area (Å²) in [7, 11) is 0. The molecular weight excluding hydrogens is 338 g/mol. The molecule has 6 heteroatoms. The second-order valence-electron chi connectivity index (χ2n) is 8.29. The molecule has 0 N–H and O–H groups in total. The van der Waals surface area contributed by atoms with Crippen LogP contribution >= 0.6 is 0 Å². The monoisotopic (exact) mass is 369 g/mol. The second-order valence-corrected chi connectivity index (χ2v) is 8.29. The molecule has 0 radical (unpaired) electrons. The first kappa shape index (κ1) is 18.3. The van der Waals surface area contributed by atoms with E-state index in [4.69, 9.17) is 4.98 Å². The Balaban J connectivity index is 1.41. The van der Waals surface area contributed by atoms with Gasteiger partial charge in [-0.3, -0.25) is 9.48 Å². The number of hydrogen-bond acceptors (Lipinski definition) is 3. The maximum Gasteiger partial charge on any atom is 0.224 e. The molecule has 1 saturated heterocycles. The summed E-state index contributed by atoms with van der Waals surface area (Å²) in [5.41, 5.74) is 3.37. The molecule has 27 heavy (non-hydrogen) atoms. The lowest BCUT2D eigenvalue weighted by molar-refractivity contribution is -0.133. The van der Waals surface area contributed by atoms with Crippen LogP contribution < -0.4 is 0 Å². The summed E-state index contributed by atoms with van der Waals surface area (Å²) in [5.74, 6) is 2.12. The number of aromatic nitrogens is 4. The molecule has 2 aliphatic rings. The minimum absolute atomic E-state index is 0.246. The van der Waals surface area contributed by atoms with Crippen molar-refractivity contribution in [1.29, 1.82) is 0 Å². The van der Waals surface area contributed by atoms with E-state index in [1.54, 1.807) is 0 Å². The quantitative estimate of drug-likeness (QED) is 0.810. The van der Waals surface area contributed by atoms with E-state index >= 15 is 0 Å². The van der Waals surface area contributed by atoms with Crippen LogP contribution in [0.2, 0.25) is 0 Å². The molecule has 146 valence electrons. The normalized spacial score (nSPS) is 20.7. The summed E-state index contributed by atoms with van der Waals surface area (Å²) in [6, 6.07) is 2.43. The van der Waals surface area contributed by atoms with Crippen LogP contribution in [0.15, 0.2) is 12.3 Å². The maximum absolute atomic E-state index is 12.8. The number of carbonyl (C=O) groups excluding carboxylic acids is 1. The van der Waals surface area contributed by atoms with Gasteiger partial charge in [0.2, 0.25) is 5.91 Å². The van der Waals surface area contributed by atoms with Gasteiger partial charge in [0.1, 0.15) is 5.82 Å². The van der Waals surface area contributed by atoms with Gasteiger partial charge in [-0.25, -0.2) is 4.98 Å². The standard InChI is InChI=1S/C21H31N5O/c1-15-12-16(2)25(23-15)11-9-20(27)24-10-5-8-19(14-24)26-17(3)13-22-21(26)18-6-4-7-18/h12-13,18-19H,4-11,14H2,1-3H3. The summed E-state index contributed by atoms with van der Waals surface area (Å²) in [4.78, 5) is 19.6. The van der Waals surface area contributed by atoms with Crippen LogP contribution in [0, 0.1) is 20.8 Å². The van der Waals surface area contributed by atoms with Crippen LogP contribution in [0.4, 0.5) is 0 Å². The van der Waals surface area contributed by atoms with E-state index in [1.165, 1.54) is 30.8 Å².